The number of hydrogen-bond donors (Lipinski definition) is 0. The van der Waals surface area contributed by atoms with Crippen LogP contribution in [0, 0.1) is 0 Å². The normalized spacial score (nSPS) is 17.4. The van der Waals surface area contributed by atoms with Gasteiger partial charge >= 0.3 is 0 Å². The monoisotopic (exact) mass is 322 g/mol. The fourth-order valence-corrected chi connectivity index (χ4v) is 3.79. The first-order valence-corrected chi connectivity index (χ1v) is 8.68. The summed E-state index contributed by atoms with van der Waals surface area (Å²) in [5, 5.41) is 0. The third-order valence-electron chi connectivity index (χ3n) is 5.36. The van der Waals surface area contributed by atoms with Crippen molar-refractivity contribution in [3.63, 3.8) is 0 Å². The zero-order chi connectivity index (χ0) is 17.0. The van der Waals surface area contributed by atoms with Crippen LogP contribution in [0.2, 0.25) is 0 Å². The van der Waals surface area contributed by atoms with E-state index >= 15 is 0 Å². The van der Waals surface area contributed by atoms with Crippen molar-refractivity contribution in [1.29, 1.82) is 0 Å². The van der Waals surface area contributed by atoms with Gasteiger partial charge in [-0.3, -0.25) is 9.69 Å². The van der Waals surface area contributed by atoms with Crippen LogP contribution in [0.3, 0.4) is 0 Å². The molecule has 3 rings (SSSR count). The van der Waals surface area contributed by atoms with E-state index in [-0.39, 0.29) is 11.4 Å². The number of amides is 1. The maximum Gasteiger partial charge on any atom is 0.219 e. The summed E-state index contributed by atoms with van der Waals surface area (Å²) in [5.74, 6) is 0.135. The highest BCUT2D eigenvalue weighted by molar-refractivity contribution is 5.74. The first kappa shape index (κ1) is 16.7. The third-order valence-corrected chi connectivity index (χ3v) is 5.36. The van der Waals surface area contributed by atoms with Crippen LogP contribution in [0.25, 0.3) is 0 Å². The number of likely N-dealkylation sites (tertiary alicyclic amines) is 1. The van der Waals surface area contributed by atoms with Gasteiger partial charge in [0, 0.05) is 33.6 Å². The molecular formula is C21H26N2O. The number of carbonyl (C=O) groups excluding carboxylic acids is 1. The second kappa shape index (κ2) is 7.18. The fourth-order valence-electron chi connectivity index (χ4n) is 3.79. The lowest BCUT2D eigenvalue weighted by molar-refractivity contribution is -0.136. The first-order valence-electron chi connectivity index (χ1n) is 8.68. The molecule has 3 heteroatoms. The van der Waals surface area contributed by atoms with Gasteiger partial charge in [0.2, 0.25) is 5.91 Å². The highest BCUT2D eigenvalue weighted by Crippen LogP contribution is 2.38. The minimum atomic E-state index is -0.180. The van der Waals surface area contributed by atoms with Crippen LogP contribution in [0.5, 0.6) is 0 Å². The summed E-state index contributed by atoms with van der Waals surface area (Å²) in [6.45, 7) is 4.65. The smallest absolute Gasteiger partial charge is 0.219 e. The summed E-state index contributed by atoms with van der Waals surface area (Å²) in [6.07, 6.45) is 1.94. The lowest BCUT2D eigenvalue weighted by Gasteiger charge is -2.47. The van der Waals surface area contributed by atoms with E-state index < -0.39 is 0 Å². The zero-order valence-electron chi connectivity index (χ0n) is 14.6. The predicted molar refractivity (Wildman–Crippen MR) is 97.5 cm³/mol. The summed E-state index contributed by atoms with van der Waals surface area (Å²) < 4.78 is 0. The third kappa shape index (κ3) is 3.36. The van der Waals surface area contributed by atoms with E-state index in [2.05, 4.69) is 59.5 Å². The van der Waals surface area contributed by atoms with E-state index in [1.807, 2.05) is 18.0 Å². The van der Waals surface area contributed by atoms with Crippen molar-refractivity contribution >= 4 is 5.91 Å². The maximum atomic E-state index is 12.1. The summed E-state index contributed by atoms with van der Waals surface area (Å²) in [6, 6.07) is 21.1. The van der Waals surface area contributed by atoms with Gasteiger partial charge in [-0.15, -0.1) is 0 Å². The number of benzene rings is 2. The molecule has 1 aliphatic heterocycles. The van der Waals surface area contributed by atoms with Crippen molar-refractivity contribution in [3.05, 3.63) is 71.8 Å². The largest absolute Gasteiger partial charge is 0.336 e. The van der Waals surface area contributed by atoms with Gasteiger partial charge < -0.3 is 4.90 Å². The molecule has 24 heavy (non-hydrogen) atoms. The van der Waals surface area contributed by atoms with Gasteiger partial charge in [-0.1, -0.05) is 60.7 Å². The quantitative estimate of drug-likeness (QED) is 0.858. The van der Waals surface area contributed by atoms with Crippen LogP contribution >= 0.6 is 0 Å². The van der Waals surface area contributed by atoms with E-state index in [1.54, 1.807) is 6.92 Å². The Labute approximate surface area is 144 Å². The molecule has 126 valence electrons. The van der Waals surface area contributed by atoms with Gasteiger partial charge in [-0.2, -0.15) is 0 Å². The molecule has 1 amide bonds. The van der Waals surface area contributed by atoms with Gasteiger partial charge in [-0.25, -0.2) is 0 Å². The van der Waals surface area contributed by atoms with Gasteiger partial charge in [0.05, 0.1) is 5.54 Å². The highest BCUT2D eigenvalue weighted by Gasteiger charge is 2.40. The number of nitrogens with zero attached hydrogens (tertiary/aromatic N) is 2. The molecule has 1 fully saturated rings. The van der Waals surface area contributed by atoms with E-state index in [1.165, 1.54) is 11.1 Å². The van der Waals surface area contributed by atoms with Crippen LogP contribution in [-0.4, -0.2) is 35.8 Å². The lowest BCUT2D eigenvalue weighted by Crippen LogP contribution is -2.53. The average Bonchev–Trinajstić information content (AvgIpc) is 2.63. The second-order valence-corrected chi connectivity index (χ2v) is 6.74. The van der Waals surface area contributed by atoms with E-state index in [0.717, 1.165) is 32.5 Å². The van der Waals surface area contributed by atoms with Crippen molar-refractivity contribution in [1.82, 2.24) is 9.80 Å². The molecule has 1 aliphatic rings. The molecule has 0 spiro atoms. The summed E-state index contributed by atoms with van der Waals surface area (Å²) >= 11 is 0. The molecule has 3 nitrogen and oxygen atoms in total. The van der Waals surface area contributed by atoms with Crippen molar-refractivity contribution in [2.45, 2.75) is 31.8 Å². The molecule has 0 aromatic heterocycles. The lowest BCUT2D eigenvalue weighted by atomic mass is 9.79. The Morgan fingerprint density at radius 2 is 1.54 bits per heavy atom. The Morgan fingerprint density at radius 3 is 2.08 bits per heavy atom. The summed E-state index contributed by atoms with van der Waals surface area (Å²) in [7, 11) is 1.95. The molecule has 2 aromatic rings. The summed E-state index contributed by atoms with van der Waals surface area (Å²) in [4.78, 5) is 16.5. The van der Waals surface area contributed by atoms with Crippen molar-refractivity contribution in [2.75, 3.05) is 20.1 Å². The van der Waals surface area contributed by atoms with Crippen molar-refractivity contribution in [3.8, 4) is 0 Å². The fraction of sp³-hybridized carbons (Fsp3) is 0.381. The van der Waals surface area contributed by atoms with E-state index in [0.29, 0.717) is 0 Å². The molecular weight excluding hydrogens is 296 g/mol. The molecule has 0 atom stereocenters. The topological polar surface area (TPSA) is 23.6 Å². The predicted octanol–water partition coefficient (Wildman–Crippen LogP) is 3.66. The number of carbonyl (C=O) groups is 1. The molecule has 0 N–H and O–H groups in total. The maximum absolute atomic E-state index is 12.1. The average molecular weight is 322 g/mol. The Hall–Kier alpha value is -2.13. The van der Waals surface area contributed by atoms with E-state index in [9.17, 15) is 4.79 Å². The molecule has 0 bridgehead atoms. The number of hydrogen-bond acceptors (Lipinski definition) is 2. The zero-order valence-corrected chi connectivity index (χ0v) is 14.6. The number of piperidine rings is 1. The SMILES string of the molecule is CC(=O)N(C)C1(c2ccccc2)CCN(Cc2ccccc2)CC1. The molecule has 0 unspecified atom stereocenters. The Morgan fingerprint density at radius 1 is 1.00 bits per heavy atom. The van der Waals surface area contributed by atoms with Gasteiger partial charge in [0.1, 0.15) is 0 Å². The minimum absolute atomic E-state index is 0.135. The Balaban J connectivity index is 1.77. The Kier molecular flexibility index (Phi) is 5.00. The van der Waals surface area contributed by atoms with Gasteiger partial charge in [0.15, 0.2) is 0 Å². The van der Waals surface area contributed by atoms with Crippen LogP contribution < -0.4 is 0 Å². The first-order chi connectivity index (χ1) is 11.6. The highest BCUT2D eigenvalue weighted by atomic mass is 16.2. The van der Waals surface area contributed by atoms with Gasteiger partial charge in [-0.05, 0) is 24.0 Å². The van der Waals surface area contributed by atoms with Crippen LogP contribution in [0.1, 0.15) is 30.9 Å². The molecule has 0 aliphatic carbocycles. The van der Waals surface area contributed by atoms with Crippen LogP contribution in [-0.2, 0) is 16.9 Å². The molecule has 0 radical (unpaired) electrons. The molecule has 1 heterocycles. The van der Waals surface area contributed by atoms with Crippen molar-refractivity contribution in [2.24, 2.45) is 0 Å². The van der Waals surface area contributed by atoms with E-state index in [4.69, 9.17) is 0 Å². The van der Waals surface area contributed by atoms with Crippen LogP contribution in [0.4, 0.5) is 0 Å². The van der Waals surface area contributed by atoms with Gasteiger partial charge in [0.25, 0.3) is 0 Å². The molecule has 1 saturated heterocycles. The standard InChI is InChI=1S/C21H26N2O/c1-18(24)22(2)21(20-11-7-4-8-12-20)13-15-23(16-14-21)17-19-9-5-3-6-10-19/h3-12H,13-17H2,1-2H3. The molecule has 2 aromatic carbocycles. The van der Waals surface area contributed by atoms with Crippen molar-refractivity contribution < 1.29 is 4.79 Å². The molecule has 0 saturated carbocycles. The van der Waals surface area contributed by atoms with Crippen LogP contribution in [0.15, 0.2) is 60.7 Å². The number of rotatable bonds is 4. The Bertz CT molecular complexity index is 661. The minimum Gasteiger partial charge on any atom is -0.336 e. The summed E-state index contributed by atoms with van der Waals surface area (Å²) in [5.41, 5.74) is 2.42. The second-order valence-electron chi connectivity index (χ2n) is 6.74.